The number of fused-ring (bicyclic) bond motifs is 1. The topological polar surface area (TPSA) is 78.5 Å². The van der Waals surface area contributed by atoms with Gasteiger partial charge in [0, 0.05) is 24.6 Å². The first-order valence-corrected chi connectivity index (χ1v) is 10.5. The van der Waals surface area contributed by atoms with Gasteiger partial charge in [0.05, 0.1) is 18.4 Å². The molecule has 2 aromatic carbocycles. The number of amides is 1. The van der Waals surface area contributed by atoms with E-state index < -0.39 is 5.60 Å². The first kappa shape index (κ1) is 19.8. The van der Waals surface area contributed by atoms with E-state index in [9.17, 15) is 14.3 Å². The van der Waals surface area contributed by atoms with Gasteiger partial charge in [0.15, 0.2) is 0 Å². The second-order valence-corrected chi connectivity index (χ2v) is 8.41. The Balaban J connectivity index is 1.35. The number of hydrogen-bond donors (Lipinski definition) is 2. The molecule has 2 fully saturated rings. The Bertz CT molecular complexity index is 1110. The number of nitrogens with one attached hydrogen (secondary N) is 1. The Hall–Kier alpha value is -3.19. The molecular formula is C24H24FN3O3. The Morgan fingerprint density at radius 1 is 1.23 bits per heavy atom. The van der Waals surface area contributed by atoms with E-state index in [1.165, 1.54) is 12.1 Å². The summed E-state index contributed by atoms with van der Waals surface area (Å²) in [6.07, 6.45) is 1.45. The standard InChI is InChI=1S/C24H24FN3O3/c1-31-22-5-3-2-4-18(22)20-12-21(27-26-20)23(29)28-13-15-10-11-24(30,19(15)14-28)16-6-8-17(25)9-7-16/h2-9,12,15,19,30H,10-11,13-14H2,1H3,(H,26,27)/t15-,19+,24+/m1/s1. The van der Waals surface area contributed by atoms with Crippen molar-refractivity contribution in [3.63, 3.8) is 0 Å². The summed E-state index contributed by atoms with van der Waals surface area (Å²) < 4.78 is 18.7. The molecule has 3 atom stereocenters. The molecule has 1 aromatic heterocycles. The number of H-pyrrole nitrogens is 1. The highest BCUT2D eigenvalue weighted by Crippen LogP contribution is 2.50. The van der Waals surface area contributed by atoms with Crippen LogP contribution in [0.15, 0.2) is 54.6 Å². The molecule has 1 saturated heterocycles. The average Bonchev–Trinajstić information content (AvgIpc) is 3.51. The number of carbonyl (C=O) groups excluding carboxylic acids is 1. The molecule has 1 saturated carbocycles. The Labute approximate surface area is 179 Å². The molecule has 7 heteroatoms. The van der Waals surface area contributed by atoms with Crippen LogP contribution in [0.25, 0.3) is 11.3 Å². The van der Waals surface area contributed by atoms with Gasteiger partial charge in [0.2, 0.25) is 0 Å². The van der Waals surface area contributed by atoms with Crippen LogP contribution in [0.4, 0.5) is 4.39 Å². The molecule has 3 aromatic rings. The van der Waals surface area contributed by atoms with Gasteiger partial charge in [0.1, 0.15) is 17.3 Å². The van der Waals surface area contributed by atoms with Gasteiger partial charge in [-0.1, -0.05) is 24.3 Å². The van der Waals surface area contributed by atoms with Crippen LogP contribution in [0, 0.1) is 17.7 Å². The van der Waals surface area contributed by atoms with Gasteiger partial charge >= 0.3 is 0 Å². The number of nitrogens with zero attached hydrogens (tertiary/aromatic N) is 2. The number of aromatic nitrogens is 2. The summed E-state index contributed by atoms with van der Waals surface area (Å²) in [5.74, 6) is 0.377. The minimum Gasteiger partial charge on any atom is -0.496 e. The van der Waals surface area contributed by atoms with Crippen LogP contribution in [0.3, 0.4) is 0 Å². The van der Waals surface area contributed by atoms with Crippen molar-refractivity contribution in [3.05, 3.63) is 71.7 Å². The highest BCUT2D eigenvalue weighted by molar-refractivity contribution is 5.93. The zero-order chi connectivity index (χ0) is 21.6. The van der Waals surface area contributed by atoms with Crippen molar-refractivity contribution >= 4 is 5.91 Å². The highest BCUT2D eigenvalue weighted by Gasteiger charge is 2.53. The molecule has 0 bridgehead atoms. The van der Waals surface area contributed by atoms with Gasteiger partial charge in [-0.2, -0.15) is 5.10 Å². The van der Waals surface area contributed by atoms with Crippen molar-refractivity contribution in [3.8, 4) is 17.0 Å². The SMILES string of the molecule is COc1ccccc1-c1cc(C(=O)N2C[C@H]3CC[C@](O)(c4ccc(F)cc4)[C@H]3C2)[nH]n1. The monoisotopic (exact) mass is 421 g/mol. The summed E-state index contributed by atoms with van der Waals surface area (Å²) in [6, 6.07) is 15.3. The van der Waals surface area contributed by atoms with E-state index >= 15 is 0 Å². The molecule has 1 aliphatic carbocycles. The molecule has 31 heavy (non-hydrogen) atoms. The number of carbonyl (C=O) groups is 1. The quantitative estimate of drug-likeness (QED) is 0.675. The van der Waals surface area contributed by atoms with Gasteiger partial charge in [-0.3, -0.25) is 9.89 Å². The molecule has 160 valence electrons. The van der Waals surface area contributed by atoms with E-state index in [0.717, 1.165) is 17.5 Å². The fourth-order valence-electron chi connectivity index (χ4n) is 5.15. The van der Waals surface area contributed by atoms with Crippen molar-refractivity contribution in [2.45, 2.75) is 18.4 Å². The second-order valence-electron chi connectivity index (χ2n) is 8.41. The summed E-state index contributed by atoms with van der Waals surface area (Å²) >= 11 is 0. The second kappa shape index (κ2) is 7.50. The lowest BCUT2D eigenvalue weighted by Gasteiger charge is -2.30. The van der Waals surface area contributed by atoms with Crippen molar-refractivity contribution in [1.82, 2.24) is 15.1 Å². The summed E-state index contributed by atoms with van der Waals surface area (Å²) in [7, 11) is 1.60. The van der Waals surface area contributed by atoms with Crippen LogP contribution >= 0.6 is 0 Å². The lowest BCUT2D eigenvalue weighted by molar-refractivity contribution is -0.00596. The van der Waals surface area contributed by atoms with E-state index in [-0.39, 0.29) is 23.6 Å². The van der Waals surface area contributed by atoms with Gasteiger partial charge in [-0.15, -0.1) is 0 Å². The number of likely N-dealkylation sites (tertiary alicyclic amines) is 1. The van der Waals surface area contributed by atoms with E-state index in [1.807, 2.05) is 24.3 Å². The fraction of sp³-hybridized carbons (Fsp3) is 0.333. The molecule has 1 amide bonds. The maximum atomic E-state index is 13.3. The maximum absolute atomic E-state index is 13.3. The molecule has 0 radical (unpaired) electrons. The molecule has 2 N–H and O–H groups in total. The summed E-state index contributed by atoms with van der Waals surface area (Å²) in [6.45, 7) is 1.05. The number of hydrogen-bond acceptors (Lipinski definition) is 4. The average molecular weight is 421 g/mol. The summed E-state index contributed by atoms with van der Waals surface area (Å²) in [4.78, 5) is 14.9. The number of rotatable bonds is 4. The third kappa shape index (κ3) is 3.29. The summed E-state index contributed by atoms with van der Waals surface area (Å²) in [5.41, 5.74) is 1.54. The van der Waals surface area contributed by atoms with Crippen LogP contribution in [-0.2, 0) is 5.60 Å². The minimum absolute atomic E-state index is 0.0708. The number of aliphatic hydroxyl groups is 1. The van der Waals surface area contributed by atoms with Crippen LogP contribution < -0.4 is 4.74 Å². The number of para-hydroxylation sites is 1. The van der Waals surface area contributed by atoms with Gasteiger partial charge in [-0.05, 0) is 54.7 Å². The zero-order valence-corrected chi connectivity index (χ0v) is 17.2. The van der Waals surface area contributed by atoms with Crippen molar-refractivity contribution < 1.29 is 19.0 Å². The van der Waals surface area contributed by atoms with E-state index in [0.29, 0.717) is 36.6 Å². The van der Waals surface area contributed by atoms with Crippen LogP contribution in [0.2, 0.25) is 0 Å². The van der Waals surface area contributed by atoms with Crippen LogP contribution in [-0.4, -0.2) is 46.3 Å². The first-order chi connectivity index (χ1) is 15.0. The molecule has 0 unspecified atom stereocenters. The van der Waals surface area contributed by atoms with Crippen molar-refractivity contribution in [2.24, 2.45) is 11.8 Å². The van der Waals surface area contributed by atoms with Gasteiger partial charge in [-0.25, -0.2) is 4.39 Å². The molecular weight excluding hydrogens is 397 g/mol. The van der Waals surface area contributed by atoms with E-state index in [4.69, 9.17) is 4.74 Å². The lowest BCUT2D eigenvalue weighted by atomic mass is 9.82. The lowest BCUT2D eigenvalue weighted by Crippen LogP contribution is -2.36. The third-order valence-corrected chi connectivity index (χ3v) is 6.77. The minimum atomic E-state index is -1.04. The van der Waals surface area contributed by atoms with Crippen LogP contribution in [0.5, 0.6) is 5.75 Å². The van der Waals surface area contributed by atoms with Crippen molar-refractivity contribution in [1.29, 1.82) is 0 Å². The highest BCUT2D eigenvalue weighted by atomic mass is 19.1. The Morgan fingerprint density at radius 3 is 2.77 bits per heavy atom. The molecule has 5 rings (SSSR count). The molecule has 2 heterocycles. The van der Waals surface area contributed by atoms with E-state index in [2.05, 4.69) is 10.2 Å². The molecule has 6 nitrogen and oxygen atoms in total. The maximum Gasteiger partial charge on any atom is 0.271 e. The normalized spacial score (nSPS) is 24.9. The van der Waals surface area contributed by atoms with Gasteiger partial charge in [0.25, 0.3) is 5.91 Å². The predicted octanol–water partition coefficient (Wildman–Crippen LogP) is 3.59. The first-order valence-electron chi connectivity index (χ1n) is 10.5. The number of ether oxygens (including phenoxy) is 1. The van der Waals surface area contributed by atoms with E-state index in [1.54, 1.807) is 30.2 Å². The largest absolute Gasteiger partial charge is 0.496 e. The number of benzene rings is 2. The summed E-state index contributed by atoms with van der Waals surface area (Å²) in [5, 5.41) is 18.6. The Morgan fingerprint density at radius 2 is 2.00 bits per heavy atom. The van der Waals surface area contributed by atoms with Crippen LogP contribution in [0.1, 0.15) is 28.9 Å². The number of aromatic amines is 1. The number of methoxy groups -OCH3 is 1. The third-order valence-electron chi connectivity index (χ3n) is 6.77. The molecule has 0 spiro atoms. The molecule has 2 aliphatic rings. The fourth-order valence-corrected chi connectivity index (χ4v) is 5.15. The predicted molar refractivity (Wildman–Crippen MR) is 113 cm³/mol. The molecule has 1 aliphatic heterocycles. The van der Waals surface area contributed by atoms with Gasteiger partial charge < -0.3 is 14.7 Å². The zero-order valence-electron chi connectivity index (χ0n) is 17.2. The Kier molecular flexibility index (Phi) is 4.78. The smallest absolute Gasteiger partial charge is 0.271 e. The van der Waals surface area contributed by atoms with Crippen molar-refractivity contribution in [2.75, 3.05) is 20.2 Å². The number of halogens is 1.